The first-order valence-electron chi connectivity index (χ1n) is 7.91. The Labute approximate surface area is 149 Å². The second-order valence-electron chi connectivity index (χ2n) is 5.79. The SMILES string of the molecule is O=C(Nc1cccnc1-n1cccn1)c1ccc(S(=O)(=O)NC2CC2)o1. The fraction of sp³-hybridized carbons (Fsp3) is 0.188. The number of amides is 1. The largest absolute Gasteiger partial charge is 0.438 e. The molecule has 0 bridgehead atoms. The van der Waals surface area contributed by atoms with E-state index in [-0.39, 0.29) is 16.9 Å². The Morgan fingerprint density at radius 2 is 2.04 bits per heavy atom. The summed E-state index contributed by atoms with van der Waals surface area (Å²) >= 11 is 0. The molecule has 3 aromatic rings. The summed E-state index contributed by atoms with van der Waals surface area (Å²) in [5.41, 5.74) is 0.415. The van der Waals surface area contributed by atoms with Gasteiger partial charge in [-0.25, -0.2) is 22.8 Å². The van der Waals surface area contributed by atoms with E-state index in [4.69, 9.17) is 4.42 Å². The van der Waals surface area contributed by atoms with Crippen LogP contribution in [0.4, 0.5) is 5.69 Å². The number of sulfonamides is 1. The van der Waals surface area contributed by atoms with E-state index < -0.39 is 15.9 Å². The van der Waals surface area contributed by atoms with Crippen molar-refractivity contribution in [2.75, 3.05) is 5.32 Å². The van der Waals surface area contributed by atoms with Crippen molar-refractivity contribution in [2.24, 2.45) is 0 Å². The van der Waals surface area contributed by atoms with Crippen molar-refractivity contribution >= 4 is 21.6 Å². The van der Waals surface area contributed by atoms with Gasteiger partial charge in [-0.05, 0) is 43.2 Å². The number of aromatic nitrogens is 3. The zero-order valence-electron chi connectivity index (χ0n) is 13.5. The summed E-state index contributed by atoms with van der Waals surface area (Å²) in [6, 6.07) is 7.60. The van der Waals surface area contributed by atoms with Crippen LogP contribution in [-0.4, -0.2) is 35.1 Å². The highest BCUT2D eigenvalue weighted by atomic mass is 32.2. The molecule has 10 heteroatoms. The van der Waals surface area contributed by atoms with Crippen LogP contribution in [0.25, 0.3) is 5.82 Å². The van der Waals surface area contributed by atoms with Crippen LogP contribution in [0.3, 0.4) is 0 Å². The molecule has 134 valence electrons. The minimum absolute atomic E-state index is 0.0469. The number of rotatable bonds is 6. The molecule has 1 amide bonds. The number of nitrogens with zero attached hydrogens (tertiary/aromatic N) is 3. The van der Waals surface area contributed by atoms with Crippen LogP contribution in [-0.2, 0) is 10.0 Å². The molecule has 1 aliphatic rings. The van der Waals surface area contributed by atoms with Gasteiger partial charge in [0.2, 0.25) is 5.09 Å². The molecule has 26 heavy (non-hydrogen) atoms. The van der Waals surface area contributed by atoms with Crippen LogP contribution in [0.2, 0.25) is 0 Å². The maximum Gasteiger partial charge on any atom is 0.291 e. The Balaban J connectivity index is 1.55. The van der Waals surface area contributed by atoms with E-state index in [1.807, 2.05) is 0 Å². The molecular formula is C16H15N5O4S. The number of hydrogen-bond donors (Lipinski definition) is 2. The van der Waals surface area contributed by atoms with Crippen LogP contribution in [0.1, 0.15) is 23.4 Å². The van der Waals surface area contributed by atoms with E-state index in [2.05, 4.69) is 20.1 Å². The fourth-order valence-corrected chi connectivity index (χ4v) is 3.56. The molecule has 1 saturated carbocycles. The maximum absolute atomic E-state index is 12.4. The second-order valence-corrected chi connectivity index (χ2v) is 7.44. The molecule has 3 heterocycles. The van der Waals surface area contributed by atoms with E-state index in [0.29, 0.717) is 11.5 Å². The van der Waals surface area contributed by atoms with E-state index in [9.17, 15) is 13.2 Å². The molecule has 0 atom stereocenters. The van der Waals surface area contributed by atoms with Crippen LogP contribution >= 0.6 is 0 Å². The zero-order valence-corrected chi connectivity index (χ0v) is 14.3. The first-order chi connectivity index (χ1) is 12.5. The molecule has 9 nitrogen and oxygen atoms in total. The van der Waals surface area contributed by atoms with Gasteiger partial charge < -0.3 is 9.73 Å². The number of pyridine rings is 1. The predicted molar refractivity (Wildman–Crippen MR) is 91.4 cm³/mol. The second kappa shape index (κ2) is 6.39. The molecule has 0 radical (unpaired) electrons. The van der Waals surface area contributed by atoms with Gasteiger partial charge in [-0.15, -0.1) is 0 Å². The van der Waals surface area contributed by atoms with Gasteiger partial charge in [-0.1, -0.05) is 0 Å². The van der Waals surface area contributed by atoms with Crippen LogP contribution in [0.5, 0.6) is 0 Å². The van der Waals surface area contributed by atoms with Crippen molar-refractivity contribution in [3.63, 3.8) is 0 Å². The number of carbonyl (C=O) groups excluding carboxylic acids is 1. The molecule has 0 aliphatic heterocycles. The summed E-state index contributed by atoms with van der Waals surface area (Å²) in [6.07, 6.45) is 6.48. The van der Waals surface area contributed by atoms with Gasteiger partial charge in [0.1, 0.15) is 0 Å². The Bertz CT molecular complexity index is 1040. The summed E-state index contributed by atoms with van der Waals surface area (Å²) in [5.74, 6) is -0.267. The minimum atomic E-state index is -3.75. The molecule has 0 spiro atoms. The lowest BCUT2D eigenvalue weighted by Crippen LogP contribution is -2.25. The standard InChI is InChI=1S/C16H15N5O4S/c22-16(13-6-7-14(25-13)26(23,24)20-11-4-5-11)19-12-3-1-8-17-15(12)21-10-2-9-18-21/h1-3,6-11,20H,4-5H2,(H,19,22). The average molecular weight is 373 g/mol. The van der Waals surface area contributed by atoms with Gasteiger partial charge in [0.15, 0.2) is 11.6 Å². The first kappa shape index (κ1) is 16.5. The third-order valence-electron chi connectivity index (χ3n) is 3.73. The summed E-state index contributed by atoms with van der Waals surface area (Å²) in [7, 11) is -3.75. The Kier molecular flexibility index (Phi) is 4.05. The lowest BCUT2D eigenvalue weighted by Gasteiger charge is -2.08. The number of anilines is 1. The Morgan fingerprint density at radius 1 is 1.19 bits per heavy atom. The molecule has 3 aromatic heterocycles. The number of nitrogens with one attached hydrogen (secondary N) is 2. The summed E-state index contributed by atoms with van der Waals surface area (Å²) in [5, 5.41) is 6.47. The Morgan fingerprint density at radius 3 is 2.77 bits per heavy atom. The number of furan rings is 1. The van der Waals surface area contributed by atoms with E-state index in [0.717, 1.165) is 12.8 Å². The minimum Gasteiger partial charge on any atom is -0.438 e. The quantitative estimate of drug-likeness (QED) is 0.677. The average Bonchev–Trinajstić information content (AvgIpc) is 3.09. The van der Waals surface area contributed by atoms with Crippen LogP contribution < -0.4 is 10.0 Å². The van der Waals surface area contributed by atoms with Gasteiger partial charge in [0.25, 0.3) is 15.9 Å². The monoisotopic (exact) mass is 373 g/mol. The molecule has 0 aromatic carbocycles. The zero-order chi connectivity index (χ0) is 18.1. The highest BCUT2D eigenvalue weighted by Gasteiger charge is 2.30. The highest BCUT2D eigenvalue weighted by molar-refractivity contribution is 7.89. The third kappa shape index (κ3) is 3.37. The summed E-state index contributed by atoms with van der Waals surface area (Å²) in [4.78, 5) is 16.6. The van der Waals surface area contributed by atoms with Gasteiger partial charge in [-0.2, -0.15) is 5.10 Å². The number of hydrogen-bond acceptors (Lipinski definition) is 6. The van der Waals surface area contributed by atoms with Crippen molar-refractivity contribution in [1.29, 1.82) is 0 Å². The van der Waals surface area contributed by atoms with Crippen LogP contribution in [0.15, 0.2) is 58.4 Å². The Hall–Kier alpha value is -2.98. The normalized spacial score (nSPS) is 14.3. The van der Waals surface area contributed by atoms with Gasteiger partial charge in [0, 0.05) is 24.6 Å². The molecular weight excluding hydrogens is 358 g/mol. The highest BCUT2D eigenvalue weighted by Crippen LogP contribution is 2.24. The molecule has 0 saturated heterocycles. The van der Waals surface area contributed by atoms with E-state index >= 15 is 0 Å². The summed E-state index contributed by atoms with van der Waals surface area (Å²) in [6.45, 7) is 0. The molecule has 4 rings (SSSR count). The molecule has 2 N–H and O–H groups in total. The van der Waals surface area contributed by atoms with Crippen molar-refractivity contribution < 1.29 is 17.6 Å². The van der Waals surface area contributed by atoms with E-state index in [1.54, 1.807) is 36.8 Å². The maximum atomic E-state index is 12.4. The third-order valence-corrected chi connectivity index (χ3v) is 5.12. The lowest BCUT2D eigenvalue weighted by molar-refractivity contribution is 0.0991. The fourth-order valence-electron chi connectivity index (χ4n) is 2.32. The van der Waals surface area contributed by atoms with Gasteiger partial charge in [0.05, 0.1) is 5.69 Å². The molecule has 0 unspecified atom stereocenters. The molecule has 1 aliphatic carbocycles. The first-order valence-corrected chi connectivity index (χ1v) is 9.40. The van der Waals surface area contributed by atoms with Crippen molar-refractivity contribution in [3.05, 3.63) is 54.7 Å². The van der Waals surface area contributed by atoms with Crippen molar-refractivity contribution in [3.8, 4) is 5.82 Å². The summed E-state index contributed by atoms with van der Waals surface area (Å²) < 4.78 is 33.5. The van der Waals surface area contributed by atoms with Gasteiger partial charge in [-0.3, -0.25) is 4.79 Å². The van der Waals surface area contributed by atoms with E-state index in [1.165, 1.54) is 16.8 Å². The predicted octanol–water partition coefficient (Wildman–Crippen LogP) is 1.55. The smallest absolute Gasteiger partial charge is 0.291 e. The number of carbonyl (C=O) groups is 1. The van der Waals surface area contributed by atoms with Gasteiger partial charge >= 0.3 is 0 Å². The molecule has 1 fully saturated rings. The lowest BCUT2D eigenvalue weighted by atomic mass is 10.3. The van der Waals surface area contributed by atoms with Crippen LogP contribution in [0, 0.1) is 0 Å². The van der Waals surface area contributed by atoms with Crippen molar-refractivity contribution in [1.82, 2.24) is 19.5 Å². The van der Waals surface area contributed by atoms with Crippen molar-refractivity contribution in [2.45, 2.75) is 24.0 Å². The topological polar surface area (TPSA) is 119 Å².